The molecule has 0 spiro atoms. The Morgan fingerprint density at radius 1 is 1.39 bits per heavy atom. The van der Waals surface area contributed by atoms with Crippen LogP contribution in [0.25, 0.3) is 6.08 Å². The monoisotopic (exact) mass is 250 g/mol. The molecular formula is C13H18N2O3. The van der Waals surface area contributed by atoms with Crippen LogP contribution in [0.3, 0.4) is 0 Å². The van der Waals surface area contributed by atoms with Crippen LogP contribution in [0.1, 0.15) is 11.1 Å². The largest absolute Gasteiger partial charge is 0.383 e. The van der Waals surface area contributed by atoms with Gasteiger partial charge >= 0.3 is 0 Å². The van der Waals surface area contributed by atoms with E-state index in [4.69, 9.17) is 9.94 Å². The van der Waals surface area contributed by atoms with E-state index < -0.39 is 5.91 Å². The van der Waals surface area contributed by atoms with Crippen molar-refractivity contribution in [2.24, 2.45) is 0 Å². The zero-order valence-corrected chi connectivity index (χ0v) is 10.3. The van der Waals surface area contributed by atoms with Crippen LogP contribution in [0.5, 0.6) is 0 Å². The maximum Gasteiger partial charge on any atom is 0.267 e. The molecule has 3 N–H and O–H groups in total. The highest BCUT2D eigenvalue weighted by Crippen LogP contribution is 2.06. The van der Waals surface area contributed by atoms with Crippen LogP contribution in [-0.4, -0.2) is 31.4 Å². The highest BCUT2D eigenvalue weighted by molar-refractivity contribution is 5.90. The van der Waals surface area contributed by atoms with Gasteiger partial charge in [0.05, 0.1) is 6.61 Å². The van der Waals surface area contributed by atoms with Gasteiger partial charge in [-0.1, -0.05) is 24.3 Å². The molecule has 18 heavy (non-hydrogen) atoms. The molecule has 0 radical (unpaired) electrons. The molecule has 5 heteroatoms. The molecule has 0 heterocycles. The van der Waals surface area contributed by atoms with E-state index in [1.165, 1.54) is 11.6 Å². The predicted octanol–water partition coefficient (Wildman–Crippen LogP) is 0.941. The lowest BCUT2D eigenvalue weighted by atomic mass is 10.1. The average molecular weight is 250 g/mol. The molecule has 0 atom stereocenters. The third-order valence-electron chi connectivity index (χ3n) is 2.33. The molecule has 0 bridgehead atoms. The van der Waals surface area contributed by atoms with Crippen molar-refractivity contribution in [2.75, 3.05) is 20.3 Å². The summed E-state index contributed by atoms with van der Waals surface area (Å²) in [6, 6.07) is 7.79. The average Bonchev–Trinajstić information content (AvgIpc) is 2.42. The summed E-state index contributed by atoms with van der Waals surface area (Å²) in [5, 5.41) is 11.6. The number of hydroxylamine groups is 1. The topological polar surface area (TPSA) is 70.6 Å². The summed E-state index contributed by atoms with van der Waals surface area (Å²) in [6.07, 6.45) is 2.90. The fourth-order valence-electron chi connectivity index (χ4n) is 1.36. The number of hydrogen-bond acceptors (Lipinski definition) is 4. The number of carbonyl (C=O) groups is 1. The Kier molecular flexibility index (Phi) is 6.71. The molecule has 0 aliphatic rings. The third kappa shape index (κ3) is 5.58. The van der Waals surface area contributed by atoms with E-state index in [9.17, 15) is 4.79 Å². The smallest absolute Gasteiger partial charge is 0.267 e. The van der Waals surface area contributed by atoms with E-state index in [1.54, 1.807) is 13.2 Å². The Hall–Kier alpha value is -1.69. The lowest BCUT2D eigenvalue weighted by Gasteiger charge is -2.04. The highest BCUT2D eigenvalue weighted by atomic mass is 16.5. The fraction of sp³-hybridized carbons (Fsp3) is 0.308. The zero-order valence-electron chi connectivity index (χ0n) is 10.3. The van der Waals surface area contributed by atoms with Crippen LogP contribution in [0.2, 0.25) is 0 Å². The summed E-state index contributed by atoms with van der Waals surface area (Å²) in [5.41, 5.74) is 3.60. The number of carbonyl (C=O) groups excluding carboxylic acids is 1. The molecule has 0 aliphatic carbocycles. The molecule has 1 aromatic carbocycles. The van der Waals surface area contributed by atoms with Crippen molar-refractivity contribution < 1.29 is 14.7 Å². The first-order valence-electron chi connectivity index (χ1n) is 5.67. The van der Waals surface area contributed by atoms with Crippen LogP contribution >= 0.6 is 0 Å². The first-order valence-corrected chi connectivity index (χ1v) is 5.67. The van der Waals surface area contributed by atoms with Crippen LogP contribution in [-0.2, 0) is 16.1 Å². The maximum atomic E-state index is 10.8. The van der Waals surface area contributed by atoms with E-state index in [1.807, 2.05) is 24.3 Å². The molecule has 0 saturated heterocycles. The molecule has 98 valence electrons. The molecule has 1 rings (SSSR count). The zero-order chi connectivity index (χ0) is 13.2. The van der Waals surface area contributed by atoms with E-state index in [2.05, 4.69) is 5.32 Å². The molecule has 1 aromatic rings. The van der Waals surface area contributed by atoms with Crippen molar-refractivity contribution in [3.8, 4) is 0 Å². The summed E-state index contributed by atoms with van der Waals surface area (Å²) in [4.78, 5) is 10.8. The molecular weight excluding hydrogens is 232 g/mol. The first kappa shape index (κ1) is 14.4. The van der Waals surface area contributed by atoms with Gasteiger partial charge in [-0.05, 0) is 17.2 Å². The van der Waals surface area contributed by atoms with Gasteiger partial charge in [-0.25, -0.2) is 5.48 Å². The van der Waals surface area contributed by atoms with Gasteiger partial charge in [0.2, 0.25) is 0 Å². The van der Waals surface area contributed by atoms with Gasteiger partial charge < -0.3 is 10.1 Å². The number of rotatable bonds is 7. The lowest BCUT2D eigenvalue weighted by molar-refractivity contribution is -0.124. The SMILES string of the molecule is COCCNCc1ccc(/C=C/C(=O)NO)cc1. The van der Waals surface area contributed by atoms with Crippen molar-refractivity contribution >= 4 is 12.0 Å². The van der Waals surface area contributed by atoms with Crippen LogP contribution in [0.4, 0.5) is 0 Å². The third-order valence-corrected chi connectivity index (χ3v) is 2.33. The number of ether oxygens (including phenoxy) is 1. The maximum absolute atomic E-state index is 10.8. The van der Waals surface area contributed by atoms with Crippen molar-refractivity contribution in [1.82, 2.24) is 10.8 Å². The molecule has 0 aromatic heterocycles. The Labute approximate surface area is 106 Å². The van der Waals surface area contributed by atoms with Crippen molar-refractivity contribution in [2.45, 2.75) is 6.54 Å². The minimum atomic E-state index is -0.541. The standard InChI is InChI=1S/C13H18N2O3/c1-18-9-8-14-10-12-4-2-11(3-5-12)6-7-13(16)15-17/h2-7,14,17H,8-10H2,1H3,(H,15,16)/b7-6+. The fourth-order valence-corrected chi connectivity index (χ4v) is 1.36. The van der Waals surface area contributed by atoms with Gasteiger partial charge in [0, 0.05) is 26.3 Å². The number of hydrogen-bond donors (Lipinski definition) is 3. The van der Waals surface area contributed by atoms with Gasteiger partial charge in [-0.15, -0.1) is 0 Å². The van der Waals surface area contributed by atoms with Gasteiger partial charge in [0.25, 0.3) is 5.91 Å². The second-order valence-electron chi connectivity index (χ2n) is 3.72. The minimum Gasteiger partial charge on any atom is -0.383 e. The lowest BCUT2D eigenvalue weighted by Crippen LogP contribution is -2.18. The molecule has 5 nitrogen and oxygen atoms in total. The van der Waals surface area contributed by atoms with E-state index in [0.29, 0.717) is 6.61 Å². The normalized spacial score (nSPS) is 10.8. The molecule has 0 saturated carbocycles. The van der Waals surface area contributed by atoms with E-state index >= 15 is 0 Å². The second-order valence-corrected chi connectivity index (χ2v) is 3.72. The first-order chi connectivity index (χ1) is 8.76. The number of benzene rings is 1. The van der Waals surface area contributed by atoms with Crippen LogP contribution < -0.4 is 10.8 Å². The second kappa shape index (κ2) is 8.41. The van der Waals surface area contributed by atoms with Gasteiger partial charge in [0.15, 0.2) is 0 Å². The Bertz CT molecular complexity index is 388. The summed E-state index contributed by atoms with van der Waals surface area (Å²) in [6.45, 7) is 2.29. The van der Waals surface area contributed by atoms with E-state index in [0.717, 1.165) is 24.2 Å². The number of nitrogens with one attached hydrogen (secondary N) is 2. The van der Waals surface area contributed by atoms with E-state index in [-0.39, 0.29) is 0 Å². The summed E-state index contributed by atoms with van der Waals surface area (Å²) in [5.74, 6) is -0.541. The summed E-state index contributed by atoms with van der Waals surface area (Å²) >= 11 is 0. The van der Waals surface area contributed by atoms with Gasteiger partial charge in [0.1, 0.15) is 0 Å². The quantitative estimate of drug-likeness (QED) is 0.291. The van der Waals surface area contributed by atoms with Crippen molar-refractivity contribution in [1.29, 1.82) is 0 Å². The summed E-state index contributed by atoms with van der Waals surface area (Å²) < 4.78 is 4.93. The predicted molar refractivity (Wildman–Crippen MR) is 69.0 cm³/mol. The van der Waals surface area contributed by atoms with Crippen LogP contribution in [0, 0.1) is 0 Å². The Balaban J connectivity index is 2.42. The number of methoxy groups -OCH3 is 1. The van der Waals surface area contributed by atoms with Crippen LogP contribution in [0.15, 0.2) is 30.3 Å². The van der Waals surface area contributed by atoms with Gasteiger partial charge in [-0.2, -0.15) is 0 Å². The highest BCUT2D eigenvalue weighted by Gasteiger charge is 1.94. The molecule has 0 aliphatic heterocycles. The molecule has 0 fully saturated rings. The van der Waals surface area contributed by atoms with Crippen molar-refractivity contribution in [3.63, 3.8) is 0 Å². The Morgan fingerprint density at radius 3 is 2.72 bits per heavy atom. The number of amides is 1. The molecule has 0 unspecified atom stereocenters. The Morgan fingerprint density at radius 2 is 2.11 bits per heavy atom. The molecule has 1 amide bonds. The van der Waals surface area contributed by atoms with Crippen molar-refractivity contribution in [3.05, 3.63) is 41.5 Å². The minimum absolute atomic E-state index is 0.541. The summed E-state index contributed by atoms with van der Waals surface area (Å²) in [7, 11) is 1.67. The van der Waals surface area contributed by atoms with Gasteiger partial charge in [-0.3, -0.25) is 10.0 Å².